The summed E-state index contributed by atoms with van der Waals surface area (Å²) >= 11 is 0. The Kier molecular flexibility index (Phi) is 3.46. The lowest BCUT2D eigenvalue weighted by Crippen LogP contribution is -2.22. The van der Waals surface area contributed by atoms with Crippen LogP contribution in [0.25, 0.3) is 0 Å². The SMILES string of the molecule is OCCN(c1ccccn1)c1ccccn1. The van der Waals surface area contributed by atoms with Crippen molar-refractivity contribution in [2.24, 2.45) is 0 Å². The minimum absolute atomic E-state index is 0.0626. The Morgan fingerprint density at radius 3 is 1.88 bits per heavy atom. The standard InChI is InChI=1S/C12H13N3O/c16-10-9-15(11-5-1-3-7-13-11)12-6-2-4-8-14-12/h1-8,16H,9-10H2. The molecule has 0 spiro atoms. The Balaban J connectivity index is 2.31. The summed E-state index contributed by atoms with van der Waals surface area (Å²) in [5.74, 6) is 1.57. The Hall–Kier alpha value is -1.94. The first kappa shape index (κ1) is 10.6. The lowest BCUT2D eigenvalue weighted by atomic mass is 10.3. The maximum absolute atomic E-state index is 9.06. The molecule has 0 saturated carbocycles. The van der Waals surface area contributed by atoms with Gasteiger partial charge in [-0.15, -0.1) is 0 Å². The molecule has 0 radical (unpaired) electrons. The molecule has 2 aromatic rings. The summed E-state index contributed by atoms with van der Waals surface area (Å²) in [4.78, 5) is 10.4. The van der Waals surface area contributed by atoms with Gasteiger partial charge in [0.2, 0.25) is 0 Å². The molecule has 2 heterocycles. The van der Waals surface area contributed by atoms with Crippen LogP contribution in [-0.2, 0) is 0 Å². The molecule has 4 heteroatoms. The highest BCUT2D eigenvalue weighted by molar-refractivity contribution is 5.55. The first-order valence-corrected chi connectivity index (χ1v) is 5.12. The van der Waals surface area contributed by atoms with Gasteiger partial charge in [-0.05, 0) is 24.3 Å². The van der Waals surface area contributed by atoms with E-state index in [1.54, 1.807) is 12.4 Å². The number of rotatable bonds is 4. The maximum atomic E-state index is 9.06. The van der Waals surface area contributed by atoms with Crippen LogP contribution in [0.4, 0.5) is 11.6 Å². The number of aliphatic hydroxyl groups excluding tert-OH is 1. The Bertz CT molecular complexity index is 379. The molecule has 0 atom stereocenters. The van der Waals surface area contributed by atoms with E-state index in [0.29, 0.717) is 6.54 Å². The molecule has 16 heavy (non-hydrogen) atoms. The van der Waals surface area contributed by atoms with Crippen LogP contribution in [0.15, 0.2) is 48.8 Å². The van der Waals surface area contributed by atoms with E-state index in [-0.39, 0.29) is 6.61 Å². The predicted molar refractivity (Wildman–Crippen MR) is 62.6 cm³/mol. The van der Waals surface area contributed by atoms with E-state index in [2.05, 4.69) is 9.97 Å². The van der Waals surface area contributed by atoms with Crippen molar-refractivity contribution >= 4 is 11.6 Å². The highest BCUT2D eigenvalue weighted by Gasteiger charge is 2.09. The molecule has 0 unspecified atom stereocenters. The van der Waals surface area contributed by atoms with Gasteiger partial charge in [0.05, 0.1) is 6.61 Å². The van der Waals surface area contributed by atoms with E-state index in [9.17, 15) is 0 Å². The molecule has 0 amide bonds. The van der Waals surface area contributed by atoms with Crippen molar-refractivity contribution in [3.8, 4) is 0 Å². The van der Waals surface area contributed by atoms with Gasteiger partial charge in [-0.2, -0.15) is 0 Å². The molecule has 82 valence electrons. The number of nitrogens with zero attached hydrogens (tertiary/aromatic N) is 3. The summed E-state index contributed by atoms with van der Waals surface area (Å²) in [5.41, 5.74) is 0. The summed E-state index contributed by atoms with van der Waals surface area (Å²) in [7, 11) is 0. The van der Waals surface area contributed by atoms with Crippen LogP contribution >= 0.6 is 0 Å². The second kappa shape index (κ2) is 5.23. The van der Waals surface area contributed by atoms with Gasteiger partial charge in [-0.3, -0.25) is 0 Å². The van der Waals surface area contributed by atoms with Crippen molar-refractivity contribution in [1.29, 1.82) is 0 Å². The molecule has 0 aliphatic carbocycles. The van der Waals surface area contributed by atoms with E-state index < -0.39 is 0 Å². The van der Waals surface area contributed by atoms with E-state index in [0.717, 1.165) is 11.6 Å². The summed E-state index contributed by atoms with van der Waals surface area (Å²) in [6, 6.07) is 11.3. The van der Waals surface area contributed by atoms with Crippen LogP contribution in [0, 0.1) is 0 Å². The fourth-order valence-electron chi connectivity index (χ4n) is 1.47. The van der Waals surface area contributed by atoms with Gasteiger partial charge in [-0.25, -0.2) is 9.97 Å². The average Bonchev–Trinajstić information content (AvgIpc) is 2.38. The van der Waals surface area contributed by atoms with Gasteiger partial charge in [0.25, 0.3) is 0 Å². The maximum Gasteiger partial charge on any atom is 0.134 e. The second-order valence-electron chi connectivity index (χ2n) is 3.25. The third kappa shape index (κ3) is 2.35. The zero-order chi connectivity index (χ0) is 11.2. The average molecular weight is 215 g/mol. The van der Waals surface area contributed by atoms with Crippen LogP contribution in [0.1, 0.15) is 0 Å². The summed E-state index contributed by atoms with van der Waals surface area (Å²) in [6.07, 6.45) is 3.45. The van der Waals surface area contributed by atoms with E-state index in [1.807, 2.05) is 41.3 Å². The number of pyridine rings is 2. The van der Waals surface area contributed by atoms with Crippen LogP contribution in [0.2, 0.25) is 0 Å². The van der Waals surface area contributed by atoms with Crippen molar-refractivity contribution < 1.29 is 5.11 Å². The van der Waals surface area contributed by atoms with Crippen molar-refractivity contribution in [2.45, 2.75) is 0 Å². The first-order chi connectivity index (χ1) is 7.92. The Labute approximate surface area is 94.2 Å². The second-order valence-corrected chi connectivity index (χ2v) is 3.25. The molecular weight excluding hydrogens is 202 g/mol. The highest BCUT2D eigenvalue weighted by Crippen LogP contribution is 2.19. The number of hydrogen-bond donors (Lipinski definition) is 1. The fourth-order valence-corrected chi connectivity index (χ4v) is 1.47. The zero-order valence-corrected chi connectivity index (χ0v) is 8.82. The lowest BCUT2D eigenvalue weighted by Gasteiger charge is -2.21. The van der Waals surface area contributed by atoms with Crippen molar-refractivity contribution in [2.75, 3.05) is 18.1 Å². The largest absolute Gasteiger partial charge is 0.395 e. The summed E-state index contributed by atoms with van der Waals surface area (Å²) in [5, 5.41) is 9.06. The number of hydrogen-bond acceptors (Lipinski definition) is 4. The van der Waals surface area contributed by atoms with Crippen LogP contribution < -0.4 is 4.90 Å². The number of aromatic nitrogens is 2. The molecule has 2 aromatic heterocycles. The zero-order valence-electron chi connectivity index (χ0n) is 8.82. The Morgan fingerprint density at radius 2 is 1.50 bits per heavy atom. The van der Waals surface area contributed by atoms with Crippen LogP contribution in [0.3, 0.4) is 0 Å². The molecule has 0 aliphatic heterocycles. The molecule has 0 aliphatic rings. The molecule has 0 bridgehead atoms. The van der Waals surface area contributed by atoms with E-state index in [4.69, 9.17) is 5.11 Å². The van der Waals surface area contributed by atoms with Gasteiger partial charge in [-0.1, -0.05) is 12.1 Å². The molecule has 1 N–H and O–H groups in total. The molecule has 0 saturated heterocycles. The van der Waals surface area contributed by atoms with Gasteiger partial charge < -0.3 is 10.0 Å². The summed E-state index contributed by atoms with van der Waals surface area (Å²) in [6.45, 7) is 0.543. The quantitative estimate of drug-likeness (QED) is 0.841. The monoisotopic (exact) mass is 215 g/mol. The molecule has 4 nitrogen and oxygen atoms in total. The third-order valence-electron chi connectivity index (χ3n) is 2.18. The summed E-state index contributed by atoms with van der Waals surface area (Å²) < 4.78 is 0. The van der Waals surface area contributed by atoms with Crippen LogP contribution in [0.5, 0.6) is 0 Å². The van der Waals surface area contributed by atoms with Crippen molar-refractivity contribution in [3.63, 3.8) is 0 Å². The van der Waals surface area contributed by atoms with Crippen molar-refractivity contribution in [1.82, 2.24) is 9.97 Å². The van der Waals surface area contributed by atoms with E-state index in [1.165, 1.54) is 0 Å². The smallest absolute Gasteiger partial charge is 0.134 e. The highest BCUT2D eigenvalue weighted by atomic mass is 16.3. The minimum Gasteiger partial charge on any atom is -0.395 e. The molecule has 2 rings (SSSR count). The normalized spacial score (nSPS) is 10.1. The van der Waals surface area contributed by atoms with Gasteiger partial charge in [0, 0.05) is 18.9 Å². The van der Waals surface area contributed by atoms with Gasteiger partial charge >= 0.3 is 0 Å². The molecule has 0 aromatic carbocycles. The predicted octanol–water partition coefficient (Wildman–Crippen LogP) is 1.61. The third-order valence-corrected chi connectivity index (χ3v) is 2.18. The lowest BCUT2D eigenvalue weighted by molar-refractivity contribution is 0.305. The van der Waals surface area contributed by atoms with Gasteiger partial charge in [0.15, 0.2) is 0 Å². The number of aliphatic hydroxyl groups is 1. The number of anilines is 2. The molecular formula is C12H13N3O. The fraction of sp³-hybridized carbons (Fsp3) is 0.167. The first-order valence-electron chi connectivity index (χ1n) is 5.12. The topological polar surface area (TPSA) is 49.2 Å². The van der Waals surface area contributed by atoms with E-state index >= 15 is 0 Å². The van der Waals surface area contributed by atoms with Crippen LogP contribution in [-0.4, -0.2) is 28.2 Å². The molecule has 0 fully saturated rings. The van der Waals surface area contributed by atoms with Gasteiger partial charge in [0.1, 0.15) is 11.6 Å². The Morgan fingerprint density at radius 1 is 0.938 bits per heavy atom. The minimum atomic E-state index is 0.0626. The van der Waals surface area contributed by atoms with Crippen molar-refractivity contribution in [3.05, 3.63) is 48.8 Å².